The number of hydrogen-bond acceptors (Lipinski definition) is 0. The summed E-state index contributed by atoms with van der Waals surface area (Å²) in [5, 5.41) is 0. The van der Waals surface area contributed by atoms with Gasteiger partial charge < -0.3 is 0 Å². The van der Waals surface area contributed by atoms with Crippen molar-refractivity contribution in [1.82, 2.24) is 0 Å². The second-order valence-electron chi connectivity index (χ2n) is 0.202. The van der Waals surface area contributed by atoms with Gasteiger partial charge in [0.2, 0.25) is 0 Å². The van der Waals surface area contributed by atoms with Gasteiger partial charge in [0.1, 0.15) is 0 Å². The molecule has 0 aromatic heterocycles. The molecule has 0 nitrogen and oxygen atoms in total. The van der Waals surface area contributed by atoms with Gasteiger partial charge in [-0.1, -0.05) is 0 Å². The normalized spacial score (nSPS) is 3.33. The molecule has 6 heavy (non-hydrogen) atoms. The van der Waals surface area contributed by atoms with Crippen molar-refractivity contribution in [3.05, 3.63) is 0 Å². The van der Waals surface area contributed by atoms with Gasteiger partial charge in [-0.15, -0.1) is 0 Å². The predicted molar refractivity (Wildman–Crippen MR) is 29.6 cm³/mol. The third-order valence-electron chi connectivity index (χ3n) is 0. The Kier molecular flexibility index (Phi) is 30.2. The van der Waals surface area contributed by atoms with E-state index in [1.54, 1.807) is 0 Å². The summed E-state index contributed by atoms with van der Waals surface area (Å²) < 4.78 is 0. The fourth-order valence-electron chi connectivity index (χ4n) is 0. The van der Waals surface area contributed by atoms with Crippen molar-refractivity contribution in [2.24, 2.45) is 0 Å². The zero-order valence-corrected chi connectivity index (χ0v) is 13.5. The summed E-state index contributed by atoms with van der Waals surface area (Å²) in [6, 6.07) is 0. The van der Waals surface area contributed by atoms with Crippen LogP contribution in [-0.4, -0.2) is 0 Å². The SMILES string of the molecule is [Br][Zn][Br].[Cl][Zn][Cl]. The fourth-order valence-corrected chi connectivity index (χ4v) is 0. The van der Waals surface area contributed by atoms with E-state index in [2.05, 4.69) is 27.2 Å². The van der Waals surface area contributed by atoms with Crippen LogP contribution in [0.25, 0.3) is 0 Å². The molecule has 0 aliphatic carbocycles. The summed E-state index contributed by atoms with van der Waals surface area (Å²) in [5.41, 5.74) is 0. The Hall–Kier alpha value is 2.79. The van der Waals surface area contributed by atoms with E-state index in [1.165, 1.54) is 0 Å². The van der Waals surface area contributed by atoms with Crippen molar-refractivity contribution in [3.8, 4) is 0 Å². The molecule has 0 aliphatic rings. The quantitative estimate of drug-likeness (QED) is 0.582. The van der Waals surface area contributed by atoms with Gasteiger partial charge in [0.15, 0.2) is 0 Å². The Bertz CT molecular complexity index is 11.5. The Morgan fingerprint density at radius 2 is 1.17 bits per heavy atom. The van der Waals surface area contributed by atoms with E-state index >= 15 is 0 Å². The Balaban J connectivity index is 0. The first-order valence-corrected chi connectivity index (χ1v) is 22.8. The van der Waals surface area contributed by atoms with Crippen molar-refractivity contribution in [1.29, 1.82) is 0 Å². The van der Waals surface area contributed by atoms with Crippen LogP contribution in [0.2, 0.25) is 0 Å². The van der Waals surface area contributed by atoms with Crippen molar-refractivity contribution >= 4 is 46.6 Å². The zero-order chi connectivity index (χ0) is 5.41. The molecule has 0 aliphatic heterocycles. The third kappa shape index (κ3) is 29.3. The van der Waals surface area contributed by atoms with Gasteiger partial charge >= 0.3 is 75.0 Å². The Labute approximate surface area is 73.7 Å². The van der Waals surface area contributed by atoms with Crippen LogP contribution in [0.15, 0.2) is 0 Å². The molecule has 0 heterocycles. The maximum atomic E-state index is 4.95. The topological polar surface area (TPSA) is 0 Å². The first kappa shape index (κ1) is 11.6. The zero-order valence-electron chi connectivity index (χ0n) is 2.93. The van der Waals surface area contributed by atoms with E-state index in [4.69, 9.17) is 19.4 Å². The first-order valence-electron chi connectivity index (χ1n) is 1.07. The molecule has 0 aromatic rings. The van der Waals surface area contributed by atoms with Gasteiger partial charge in [-0.05, 0) is 0 Å². The summed E-state index contributed by atoms with van der Waals surface area (Å²) >= 11 is 5.32. The Morgan fingerprint density at radius 3 is 1.17 bits per heavy atom. The van der Waals surface area contributed by atoms with Crippen LogP contribution in [0.4, 0.5) is 0 Å². The second kappa shape index (κ2) is 15.7. The minimum absolute atomic E-state index is 0.250. The molecule has 6 heteroatoms. The van der Waals surface area contributed by atoms with Crippen molar-refractivity contribution in [3.63, 3.8) is 0 Å². The molecule has 0 amide bonds. The van der Waals surface area contributed by atoms with Gasteiger partial charge in [0.25, 0.3) is 0 Å². The average Bonchev–Trinajstić information content (AvgIpc) is 1.39. The monoisotopic (exact) mass is 356 g/mol. The van der Waals surface area contributed by atoms with Crippen LogP contribution in [-0.2, 0) is 28.4 Å². The molecule has 0 bridgehead atoms. The molecule has 0 unspecified atom stereocenters. The van der Waals surface area contributed by atoms with Crippen molar-refractivity contribution in [2.75, 3.05) is 0 Å². The molecule has 0 saturated carbocycles. The standard InChI is InChI=1S/2BrH.2ClH.2Zn/h4*1H;;/q;;;;2*+2/p-4. The summed E-state index contributed by atoms with van der Waals surface area (Å²) in [6.07, 6.45) is 0. The molecule has 0 rings (SSSR count). The van der Waals surface area contributed by atoms with Gasteiger partial charge in [0, 0.05) is 0 Å². The van der Waals surface area contributed by atoms with E-state index in [1.807, 2.05) is 0 Å². The van der Waals surface area contributed by atoms with E-state index < -0.39 is 15.1 Å². The average molecular weight is 361 g/mol. The molecule has 0 N–H and O–H groups in total. The summed E-state index contributed by atoms with van der Waals surface area (Å²) in [5.74, 6) is 0. The number of rotatable bonds is 0. The molecule has 0 saturated heterocycles. The molecular weight excluding hydrogens is 361 g/mol. The molecular formula is Br2Cl2Zn2. The molecule has 0 spiro atoms. The van der Waals surface area contributed by atoms with E-state index in [9.17, 15) is 0 Å². The van der Waals surface area contributed by atoms with Gasteiger partial charge in [0.05, 0.1) is 0 Å². The van der Waals surface area contributed by atoms with Crippen LogP contribution < -0.4 is 0 Å². The van der Waals surface area contributed by atoms with Crippen LogP contribution in [0.1, 0.15) is 0 Å². The number of halogens is 4. The van der Waals surface area contributed by atoms with Gasteiger partial charge in [-0.25, -0.2) is 0 Å². The van der Waals surface area contributed by atoms with E-state index in [0.717, 1.165) is 0 Å². The fraction of sp³-hybridized carbons (Fsp3) is 0. The molecule has 0 aromatic carbocycles. The molecule has 0 radical (unpaired) electrons. The van der Waals surface area contributed by atoms with Gasteiger partial charge in [-0.3, -0.25) is 0 Å². The summed E-state index contributed by atoms with van der Waals surface area (Å²) in [7, 11) is 9.90. The summed E-state index contributed by atoms with van der Waals surface area (Å²) in [6.45, 7) is 0. The van der Waals surface area contributed by atoms with Crippen LogP contribution in [0.3, 0.4) is 0 Å². The van der Waals surface area contributed by atoms with Crippen molar-refractivity contribution in [2.45, 2.75) is 0 Å². The summed E-state index contributed by atoms with van der Waals surface area (Å²) in [4.78, 5) is 0. The Morgan fingerprint density at radius 1 is 1.17 bits per heavy atom. The maximum absolute atomic E-state index is 4.95. The molecule has 32 valence electrons. The van der Waals surface area contributed by atoms with E-state index in [-0.39, 0.29) is 13.2 Å². The predicted octanol–water partition coefficient (Wildman–Crippen LogP) is 3.07. The first-order chi connectivity index (χ1) is 2.83. The molecule has 0 fully saturated rings. The second-order valence-corrected chi connectivity index (χ2v) is 18.9. The van der Waals surface area contributed by atoms with Crippen LogP contribution >= 0.6 is 46.6 Å². The third-order valence-corrected chi connectivity index (χ3v) is 0. The van der Waals surface area contributed by atoms with Gasteiger partial charge in [-0.2, -0.15) is 0 Å². The minimum atomic E-state index is -0.931. The van der Waals surface area contributed by atoms with Crippen LogP contribution in [0.5, 0.6) is 0 Å². The molecule has 0 atom stereocenters. The van der Waals surface area contributed by atoms with E-state index in [0.29, 0.717) is 0 Å². The number of hydrogen-bond donors (Lipinski definition) is 0. The van der Waals surface area contributed by atoms with Crippen molar-refractivity contribution < 1.29 is 28.4 Å². The van der Waals surface area contributed by atoms with Crippen LogP contribution in [0, 0.1) is 0 Å².